The van der Waals surface area contributed by atoms with Crippen LogP contribution in [0.3, 0.4) is 0 Å². The van der Waals surface area contributed by atoms with Gasteiger partial charge < -0.3 is 10.6 Å². The number of hydrogen-bond donors (Lipinski definition) is 1. The third-order valence-corrected chi connectivity index (χ3v) is 1.59. The van der Waals surface area contributed by atoms with Crippen LogP contribution >= 0.6 is 0 Å². The van der Waals surface area contributed by atoms with Gasteiger partial charge in [0.05, 0.1) is 0 Å². The molecule has 0 saturated carbocycles. The highest BCUT2D eigenvalue weighted by Crippen LogP contribution is 1.94. The summed E-state index contributed by atoms with van der Waals surface area (Å²) in [6.07, 6.45) is 2.96. The van der Waals surface area contributed by atoms with Gasteiger partial charge in [0.15, 0.2) is 0 Å². The Balaban J connectivity index is 3.78. The summed E-state index contributed by atoms with van der Waals surface area (Å²) in [6.45, 7) is 3.61. The molecule has 1 atom stereocenters. The zero-order valence-electron chi connectivity index (χ0n) is 7.75. The van der Waals surface area contributed by atoms with E-state index in [1.807, 2.05) is 27.2 Å². The number of rotatable bonds is 5. The molecule has 0 bridgehead atoms. The van der Waals surface area contributed by atoms with E-state index in [4.69, 9.17) is 5.73 Å². The van der Waals surface area contributed by atoms with Gasteiger partial charge in [0, 0.05) is 18.8 Å². The van der Waals surface area contributed by atoms with Gasteiger partial charge in [-0.1, -0.05) is 0 Å². The largest absolute Gasteiger partial charge is 0.330 e. The molecule has 0 saturated heterocycles. The number of nitrogens with zero attached hydrogens (tertiary/aromatic N) is 2. The van der Waals surface area contributed by atoms with Crippen LogP contribution in [0, 0.1) is 0 Å². The van der Waals surface area contributed by atoms with E-state index in [1.165, 1.54) is 0 Å². The van der Waals surface area contributed by atoms with Crippen LogP contribution in [0.4, 0.5) is 0 Å². The molecule has 0 aliphatic rings. The van der Waals surface area contributed by atoms with Crippen LogP contribution in [0.25, 0.3) is 0 Å². The standard InChI is InChI=1S/C8H19N3/c1-4-10-7-8(5-6-9)11(2)3/h7-8H,4-6,9H2,1-3H3. The van der Waals surface area contributed by atoms with Crippen LogP contribution in [0.15, 0.2) is 4.99 Å². The fourth-order valence-corrected chi connectivity index (χ4v) is 0.864. The molecule has 0 aromatic rings. The van der Waals surface area contributed by atoms with Gasteiger partial charge in [0.25, 0.3) is 0 Å². The first kappa shape index (κ1) is 10.6. The molecule has 1 unspecified atom stereocenters. The molecule has 0 spiro atoms. The average molecular weight is 157 g/mol. The van der Waals surface area contributed by atoms with Crippen molar-refractivity contribution in [1.29, 1.82) is 0 Å². The van der Waals surface area contributed by atoms with E-state index in [0.717, 1.165) is 19.5 Å². The minimum absolute atomic E-state index is 0.403. The van der Waals surface area contributed by atoms with Crippen LogP contribution in [0.2, 0.25) is 0 Å². The van der Waals surface area contributed by atoms with Crippen molar-refractivity contribution in [2.45, 2.75) is 19.4 Å². The van der Waals surface area contributed by atoms with Gasteiger partial charge >= 0.3 is 0 Å². The molecule has 11 heavy (non-hydrogen) atoms. The third-order valence-electron chi connectivity index (χ3n) is 1.59. The van der Waals surface area contributed by atoms with E-state index in [9.17, 15) is 0 Å². The summed E-state index contributed by atoms with van der Waals surface area (Å²) < 4.78 is 0. The normalized spacial score (nSPS) is 14.6. The summed E-state index contributed by atoms with van der Waals surface area (Å²) >= 11 is 0. The van der Waals surface area contributed by atoms with E-state index in [1.54, 1.807) is 0 Å². The molecule has 0 aliphatic carbocycles. The van der Waals surface area contributed by atoms with Gasteiger partial charge in [-0.05, 0) is 34.0 Å². The topological polar surface area (TPSA) is 41.6 Å². The zero-order valence-corrected chi connectivity index (χ0v) is 7.75. The fourth-order valence-electron chi connectivity index (χ4n) is 0.864. The van der Waals surface area contributed by atoms with E-state index in [0.29, 0.717) is 6.04 Å². The molecule has 0 aromatic heterocycles. The van der Waals surface area contributed by atoms with Crippen molar-refractivity contribution in [2.24, 2.45) is 10.7 Å². The Kier molecular flexibility index (Phi) is 6.07. The Morgan fingerprint density at radius 3 is 2.55 bits per heavy atom. The highest BCUT2D eigenvalue weighted by molar-refractivity contribution is 5.64. The van der Waals surface area contributed by atoms with Gasteiger partial charge in [-0.25, -0.2) is 0 Å². The van der Waals surface area contributed by atoms with Crippen molar-refractivity contribution in [1.82, 2.24) is 4.90 Å². The highest BCUT2D eigenvalue weighted by Gasteiger charge is 2.05. The van der Waals surface area contributed by atoms with Gasteiger partial charge in [-0.15, -0.1) is 0 Å². The van der Waals surface area contributed by atoms with E-state index < -0.39 is 0 Å². The van der Waals surface area contributed by atoms with Crippen molar-refractivity contribution >= 4 is 6.21 Å². The Morgan fingerprint density at radius 2 is 2.18 bits per heavy atom. The van der Waals surface area contributed by atoms with Gasteiger partial charge in [-0.3, -0.25) is 4.99 Å². The molecule has 0 amide bonds. The van der Waals surface area contributed by atoms with Crippen LogP contribution < -0.4 is 5.73 Å². The first-order valence-electron chi connectivity index (χ1n) is 4.08. The summed E-state index contributed by atoms with van der Waals surface area (Å²) in [5.41, 5.74) is 5.45. The smallest absolute Gasteiger partial charge is 0.0452 e. The average Bonchev–Trinajstić information content (AvgIpc) is 1.97. The number of aliphatic imine (C=N–C) groups is 1. The lowest BCUT2D eigenvalue weighted by Crippen LogP contribution is -2.31. The number of hydrogen-bond acceptors (Lipinski definition) is 3. The molecule has 0 heterocycles. The maximum absolute atomic E-state index is 5.45. The first-order valence-corrected chi connectivity index (χ1v) is 4.08. The molecule has 3 nitrogen and oxygen atoms in total. The first-order chi connectivity index (χ1) is 5.22. The summed E-state index contributed by atoms with van der Waals surface area (Å²) in [6, 6.07) is 0.403. The van der Waals surface area contributed by atoms with Crippen LogP contribution in [0.1, 0.15) is 13.3 Å². The molecule has 0 fully saturated rings. The van der Waals surface area contributed by atoms with Gasteiger partial charge in [0.2, 0.25) is 0 Å². The predicted molar refractivity (Wildman–Crippen MR) is 50.2 cm³/mol. The second-order valence-corrected chi connectivity index (χ2v) is 2.76. The maximum atomic E-state index is 5.45. The minimum atomic E-state index is 0.403. The molecule has 0 rings (SSSR count). The molecule has 0 aliphatic heterocycles. The zero-order chi connectivity index (χ0) is 8.69. The molecular weight excluding hydrogens is 138 g/mol. The minimum Gasteiger partial charge on any atom is -0.330 e. The van der Waals surface area contributed by atoms with Gasteiger partial charge in [0.1, 0.15) is 0 Å². The van der Waals surface area contributed by atoms with Crippen LogP contribution in [-0.4, -0.2) is 44.3 Å². The van der Waals surface area contributed by atoms with Gasteiger partial charge in [-0.2, -0.15) is 0 Å². The van der Waals surface area contributed by atoms with Crippen molar-refractivity contribution in [3.63, 3.8) is 0 Å². The molecule has 0 radical (unpaired) electrons. The highest BCUT2D eigenvalue weighted by atomic mass is 15.1. The van der Waals surface area contributed by atoms with Crippen molar-refractivity contribution in [3.05, 3.63) is 0 Å². The second-order valence-electron chi connectivity index (χ2n) is 2.76. The monoisotopic (exact) mass is 157 g/mol. The quantitative estimate of drug-likeness (QED) is 0.585. The predicted octanol–water partition coefficient (Wildman–Crippen LogP) is 0.356. The second kappa shape index (κ2) is 6.31. The van der Waals surface area contributed by atoms with E-state index in [2.05, 4.69) is 9.89 Å². The maximum Gasteiger partial charge on any atom is 0.0452 e. The Hall–Kier alpha value is -0.410. The van der Waals surface area contributed by atoms with Crippen LogP contribution in [0.5, 0.6) is 0 Å². The summed E-state index contributed by atoms with van der Waals surface area (Å²) in [7, 11) is 4.09. The molecule has 66 valence electrons. The molecule has 3 heteroatoms. The lowest BCUT2D eigenvalue weighted by atomic mass is 10.2. The van der Waals surface area contributed by atoms with Crippen molar-refractivity contribution in [3.8, 4) is 0 Å². The molecule has 2 N–H and O–H groups in total. The molecule has 0 aromatic carbocycles. The summed E-state index contributed by atoms with van der Waals surface area (Å²) in [4.78, 5) is 6.32. The van der Waals surface area contributed by atoms with Crippen molar-refractivity contribution < 1.29 is 0 Å². The summed E-state index contributed by atoms with van der Waals surface area (Å²) in [5, 5.41) is 0. The summed E-state index contributed by atoms with van der Waals surface area (Å²) in [5.74, 6) is 0. The lowest BCUT2D eigenvalue weighted by Gasteiger charge is -2.18. The Labute approximate surface area is 69.3 Å². The lowest BCUT2D eigenvalue weighted by molar-refractivity contribution is 0.353. The number of nitrogens with two attached hydrogens (primary N) is 1. The van der Waals surface area contributed by atoms with E-state index in [-0.39, 0.29) is 0 Å². The van der Waals surface area contributed by atoms with Crippen molar-refractivity contribution in [2.75, 3.05) is 27.2 Å². The SMILES string of the molecule is CCN=CC(CCN)N(C)C. The van der Waals surface area contributed by atoms with Crippen LogP contribution in [-0.2, 0) is 0 Å². The third kappa shape index (κ3) is 4.93. The Bertz CT molecular complexity index is 110. The van der Waals surface area contributed by atoms with E-state index >= 15 is 0 Å². The Morgan fingerprint density at radius 1 is 1.55 bits per heavy atom. The fraction of sp³-hybridized carbons (Fsp3) is 0.875. The molecular formula is C8H19N3.